The molecule has 3 aromatic carbocycles. The first-order chi connectivity index (χ1) is 21.2. The molecule has 0 spiro atoms. The molecule has 1 aliphatic carbocycles. The van der Waals surface area contributed by atoms with Gasteiger partial charge in [0.15, 0.2) is 10.2 Å². The highest BCUT2D eigenvalue weighted by Crippen LogP contribution is 2.67. The fourth-order valence-corrected chi connectivity index (χ4v) is 11.4. The topological polar surface area (TPSA) is 87.2 Å². The zero-order chi connectivity index (χ0) is 30.9. The number of fused-ring (bicyclic) bond motifs is 6. The van der Waals surface area contributed by atoms with Gasteiger partial charge in [0.2, 0.25) is 0 Å². The molecule has 0 unspecified atom stereocenters. The lowest BCUT2D eigenvalue weighted by molar-refractivity contribution is -0.157. The number of piperazine rings is 1. The van der Waals surface area contributed by atoms with Gasteiger partial charge in [0.25, 0.3) is 21.8 Å². The third-order valence-electron chi connectivity index (χ3n) is 9.25. The van der Waals surface area contributed by atoms with E-state index >= 15 is 0 Å². The number of carbonyl (C=O) groups is 2. The highest BCUT2D eigenvalue weighted by atomic mass is 32.2. The van der Waals surface area contributed by atoms with E-state index in [2.05, 4.69) is 18.2 Å². The molecule has 2 saturated heterocycles. The zero-order valence-corrected chi connectivity index (χ0v) is 27.1. The number of hydrogen-bond donors (Lipinski definition) is 0. The van der Waals surface area contributed by atoms with Gasteiger partial charge in [-0.3, -0.25) is 14.5 Å². The summed E-state index contributed by atoms with van der Waals surface area (Å²) >= 11 is 2.64. The van der Waals surface area contributed by atoms with Crippen LogP contribution in [-0.2, 0) is 36.2 Å². The number of para-hydroxylation sites is 1. The van der Waals surface area contributed by atoms with Gasteiger partial charge in [0.1, 0.15) is 6.17 Å². The van der Waals surface area contributed by atoms with E-state index in [1.54, 1.807) is 54.3 Å². The molecule has 4 aliphatic rings. The number of methoxy groups -OCH3 is 1. The van der Waals surface area contributed by atoms with Gasteiger partial charge in [0.05, 0.1) is 21.9 Å². The van der Waals surface area contributed by atoms with Gasteiger partial charge >= 0.3 is 0 Å². The predicted molar refractivity (Wildman–Crippen MR) is 174 cm³/mol. The zero-order valence-electron chi connectivity index (χ0n) is 24.7. The Morgan fingerprint density at radius 2 is 1.68 bits per heavy atom. The van der Waals surface area contributed by atoms with Crippen molar-refractivity contribution < 1.29 is 22.7 Å². The lowest BCUT2D eigenvalue weighted by Gasteiger charge is -2.49. The molecule has 2 amide bonds. The van der Waals surface area contributed by atoms with E-state index in [0.29, 0.717) is 17.9 Å². The molecule has 228 valence electrons. The Kier molecular flexibility index (Phi) is 7.15. The summed E-state index contributed by atoms with van der Waals surface area (Å²) in [6.07, 6.45) is 2.03. The van der Waals surface area contributed by atoms with Gasteiger partial charge in [0, 0.05) is 20.6 Å². The quantitative estimate of drug-likeness (QED) is 0.321. The van der Waals surface area contributed by atoms with Crippen molar-refractivity contribution >= 4 is 56.6 Å². The van der Waals surface area contributed by atoms with Crippen LogP contribution in [0.5, 0.6) is 0 Å². The summed E-state index contributed by atoms with van der Waals surface area (Å²) in [5.74, 6) is 0.267. The molecule has 3 aromatic rings. The number of sulfonamides is 1. The first kappa shape index (κ1) is 29.5. The molecule has 0 N–H and O–H groups in total. The Hall–Kier alpha value is -3.25. The number of likely N-dealkylation sites (N-methyl/N-ethyl adjacent to an activating group) is 1. The van der Waals surface area contributed by atoms with Crippen molar-refractivity contribution in [2.24, 2.45) is 0 Å². The second-order valence-corrected chi connectivity index (χ2v) is 15.8. The van der Waals surface area contributed by atoms with E-state index in [-0.39, 0.29) is 29.1 Å². The Morgan fingerprint density at radius 1 is 0.977 bits per heavy atom. The molecule has 8 nitrogen and oxygen atoms in total. The van der Waals surface area contributed by atoms with Crippen LogP contribution in [0.1, 0.15) is 30.0 Å². The summed E-state index contributed by atoms with van der Waals surface area (Å²) in [4.78, 5) is 31.4. The number of thioether (sulfide) groups is 2. The van der Waals surface area contributed by atoms with E-state index in [1.807, 2.05) is 43.3 Å². The maximum absolute atomic E-state index is 14.8. The van der Waals surface area contributed by atoms with Crippen LogP contribution in [0.3, 0.4) is 0 Å². The van der Waals surface area contributed by atoms with Crippen LogP contribution in [0.15, 0.2) is 89.8 Å². The molecule has 0 saturated carbocycles. The first-order valence-corrected chi connectivity index (χ1v) is 18.0. The lowest BCUT2D eigenvalue weighted by Crippen LogP contribution is -2.70. The van der Waals surface area contributed by atoms with Gasteiger partial charge in [-0.2, -0.15) is 0 Å². The fourth-order valence-electron chi connectivity index (χ4n) is 7.56. The summed E-state index contributed by atoms with van der Waals surface area (Å²) in [5.41, 5.74) is 3.40. The van der Waals surface area contributed by atoms with Crippen LogP contribution < -0.4 is 4.31 Å². The van der Waals surface area contributed by atoms with Crippen molar-refractivity contribution in [3.63, 3.8) is 0 Å². The number of ether oxygens (including phenoxy) is 1. The number of amides is 2. The van der Waals surface area contributed by atoms with Crippen molar-refractivity contribution in [3.05, 3.63) is 102 Å². The fraction of sp³-hybridized carbons (Fsp3) is 0.333. The molecule has 11 heteroatoms. The van der Waals surface area contributed by atoms with Crippen LogP contribution in [0, 0.1) is 0 Å². The smallest absolute Gasteiger partial charge is 0.266 e. The average Bonchev–Trinajstić information content (AvgIpc) is 3.69. The minimum Gasteiger partial charge on any atom is -0.374 e. The standard InChI is InChI=1S/C33H33N3O5S3/c1-4-42-29-28(37)35-30-32(25-19-18-22-12-8-9-15-24(22)25,20-33(35,43-21-41-3)31(38)34(29)2)26-16-10-11-17-27(26)36(30)44(39,40)23-13-6-5-7-14-23/h5-17,19,29-30H,4,18,20-21H2,1-3H3/t29-,30-,32-,33-/m0/s1. The maximum atomic E-state index is 14.8. The summed E-state index contributed by atoms with van der Waals surface area (Å²) in [7, 11) is -0.955. The first-order valence-electron chi connectivity index (χ1n) is 14.6. The highest BCUT2D eigenvalue weighted by molar-refractivity contribution is 8.01. The van der Waals surface area contributed by atoms with Crippen LogP contribution in [0.25, 0.3) is 5.57 Å². The molecule has 4 atom stereocenters. The van der Waals surface area contributed by atoms with Crippen LogP contribution in [0.2, 0.25) is 0 Å². The third-order valence-corrected chi connectivity index (χ3v) is 13.5. The third kappa shape index (κ3) is 3.85. The van der Waals surface area contributed by atoms with E-state index < -0.39 is 31.8 Å². The molecule has 2 fully saturated rings. The van der Waals surface area contributed by atoms with Crippen LogP contribution in [-0.4, -0.2) is 72.3 Å². The minimum absolute atomic E-state index is 0.126. The second-order valence-electron chi connectivity index (χ2n) is 11.4. The normalized spacial score (nSPS) is 27.2. The summed E-state index contributed by atoms with van der Waals surface area (Å²) in [6.45, 7) is 1.95. The van der Waals surface area contributed by atoms with Crippen molar-refractivity contribution in [2.45, 2.75) is 46.5 Å². The van der Waals surface area contributed by atoms with Gasteiger partial charge in [-0.05, 0) is 52.6 Å². The van der Waals surface area contributed by atoms with Gasteiger partial charge < -0.3 is 9.64 Å². The molecule has 0 bridgehead atoms. The molecule has 3 heterocycles. The van der Waals surface area contributed by atoms with Gasteiger partial charge in [-0.1, -0.05) is 85.4 Å². The second kappa shape index (κ2) is 10.7. The van der Waals surface area contributed by atoms with Crippen molar-refractivity contribution in [2.75, 3.05) is 30.2 Å². The Labute approximate surface area is 266 Å². The lowest BCUT2D eigenvalue weighted by atomic mass is 9.70. The van der Waals surface area contributed by atoms with Gasteiger partial charge in [-0.25, -0.2) is 12.7 Å². The molecule has 44 heavy (non-hydrogen) atoms. The largest absolute Gasteiger partial charge is 0.374 e. The molecule has 0 aromatic heterocycles. The number of hydrogen-bond acceptors (Lipinski definition) is 7. The van der Waals surface area contributed by atoms with E-state index in [4.69, 9.17) is 4.74 Å². The monoisotopic (exact) mass is 647 g/mol. The van der Waals surface area contributed by atoms with Crippen molar-refractivity contribution in [1.82, 2.24) is 9.80 Å². The minimum atomic E-state index is -4.19. The van der Waals surface area contributed by atoms with E-state index in [0.717, 1.165) is 22.3 Å². The van der Waals surface area contributed by atoms with E-state index in [1.165, 1.54) is 27.8 Å². The highest BCUT2D eigenvalue weighted by Gasteiger charge is 2.75. The molecule has 3 aliphatic heterocycles. The summed E-state index contributed by atoms with van der Waals surface area (Å²) in [6, 6.07) is 24.0. The Bertz CT molecular complexity index is 1800. The van der Waals surface area contributed by atoms with Crippen LogP contribution >= 0.6 is 23.5 Å². The molecular formula is C33H33N3O5S3. The molecule has 0 radical (unpaired) electrons. The van der Waals surface area contributed by atoms with Gasteiger partial charge in [-0.15, -0.1) is 11.8 Å². The van der Waals surface area contributed by atoms with Crippen molar-refractivity contribution in [1.29, 1.82) is 0 Å². The van der Waals surface area contributed by atoms with E-state index in [9.17, 15) is 18.0 Å². The van der Waals surface area contributed by atoms with Crippen LogP contribution in [0.4, 0.5) is 5.69 Å². The average molecular weight is 648 g/mol. The number of benzene rings is 3. The number of rotatable bonds is 8. The number of anilines is 1. The summed E-state index contributed by atoms with van der Waals surface area (Å²) < 4.78 is 36.6. The SMILES string of the molecule is CCS[C@H]1C(=O)N2[C@H]3N(S(=O)(=O)c4ccccc4)c4ccccc4[C@@]3(C3=CCc4ccccc43)C[C@]2(SCOC)C(=O)N1C. The number of carbonyl (C=O) groups excluding carboxylic acids is 2. The number of nitrogens with zero attached hydrogens (tertiary/aromatic N) is 3. The van der Waals surface area contributed by atoms with Crippen molar-refractivity contribution in [3.8, 4) is 0 Å². The Morgan fingerprint density at radius 3 is 2.43 bits per heavy atom. The molecular weight excluding hydrogens is 615 g/mol. The predicted octanol–water partition coefficient (Wildman–Crippen LogP) is 4.92. The summed E-state index contributed by atoms with van der Waals surface area (Å²) in [5, 5.41) is -0.783. The maximum Gasteiger partial charge on any atom is 0.266 e. The number of allylic oxidation sites excluding steroid dienone is 1. The Balaban J connectivity index is 1.57. The molecule has 7 rings (SSSR count).